The topological polar surface area (TPSA) is 58.8 Å². The Kier molecular flexibility index (Phi) is 5.46. The van der Waals surface area contributed by atoms with E-state index in [1.165, 1.54) is 0 Å². The maximum atomic E-state index is 11.0. The zero-order chi connectivity index (χ0) is 14.4. The van der Waals surface area contributed by atoms with E-state index in [1.54, 1.807) is 12.1 Å². The number of benzene rings is 1. The zero-order valence-corrected chi connectivity index (χ0v) is 11.8. The highest BCUT2D eigenvalue weighted by Gasteiger charge is 2.15. The van der Waals surface area contributed by atoms with Crippen molar-refractivity contribution >= 4 is 5.69 Å². The Morgan fingerprint density at radius 3 is 2.75 bits per heavy atom. The van der Waals surface area contributed by atoms with E-state index >= 15 is 0 Å². The lowest BCUT2D eigenvalue weighted by atomic mass is 10.1. The monoisotopic (exact) mass is 279 g/mol. The molecule has 6 nitrogen and oxygen atoms in total. The number of nitro benzene ring substituents is 1. The number of hydrogen-bond acceptors (Lipinski definition) is 5. The molecular formula is C14H21N3O3. The Labute approximate surface area is 119 Å². The van der Waals surface area contributed by atoms with Gasteiger partial charge in [-0.1, -0.05) is 18.2 Å². The zero-order valence-electron chi connectivity index (χ0n) is 11.8. The first kappa shape index (κ1) is 14.9. The summed E-state index contributed by atoms with van der Waals surface area (Å²) in [4.78, 5) is 15.1. The molecule has 0 spiro atoms. The Balaban J connectivity index is 1.84. The summed E-state index contributed by atoms with van der Waals surface area (Å²) in [5.41, 5.74) is 0.965. The van der Waals surface area contributed by atoms with E-state index in [0.717, 1.165) is 45.0 Å². The number of rotatable bonds is 6. The quantitative estimate of drug-likeness (QED) is 0.581. The Morgan fingerprint density at radius 1 is 1.35 bits per heavy atom. The fourth-order valence-corrected chi connectivity index (χ4v) is 2.33. The Morgan fingerprint density at radius 2 is 2.05 bits per heavy atom. The van der Waals surface area contributed by atoms with E-state index in [1.807, 2.05) is 19.2 Å². The number of morpholine rings is 1. The predicted octanol–water partition coefficient (Wildman–Crippen LogP) is 1.36. The van der Waals surface area contributed by atoms with E-state index < -0.39 is 0 Å². The molecule has 0 bridgehead atoms. The van der Waals surface area contributed by atoms with Gasteiger partial charge in [-0.25, -0.2) is 0 Å². The molecule has 0 amide bonds. The number of nitrogens with zero attached hydrogens (tertiary/aromatic N) is 3. The first-order valence-electron chi connectivity index (χ1n) is 6.88. The molecule has 0 N–H and O–H groups in total. The molecule has 110 valence electrons. The Bertz CT molecular complexity index is 447. The van der Waals surface area contributed by atoms with Crippen molar-refractivity contribution in [2.45, 2.75) is 6.54 Å². The van der Waals surface area contributed by atoms with Crippen LogP contribution in [0.25, 0.3) is 0 Å². The minimum Gasteiger partial charge on any atom is -0.379 e. The molecule has 0 atom stereocenters. The fourth-order valence-electron chi connectivity index (χ4n) is 2.33. The standard InChI is InChI=1S/C14H21N3O3/c1-15(6-7-16-8-10-20-11-9-16)12-13-4-2-3-5-14(13)17(18)19/h2-5H,6-12H2,1H3. The summed E-state index contributed by atoms with van der Waals surface area (Å²) in [7, 11) is 2.00. The van der Waals surface area contributed by atoms with Crippen LogP contribution in [0.2, 0.25) is 0 Å². The predicted molar refractivity (Wildman–Crippen MR) is 76.7 cm³/mol. The number of likely N-dealkylation sites (N-methyl/N-ethyl adjacent to an activating group) is 1. The number of para-hydroxylation sites is 1. The minimum absolute atomic E-state index is 0.200. The summed E-state index contributed by atoms with van der Waals surface area (Å²) in [5, 5.41) is 11.0. The molecule has 20 heavy (non-hydrogen) atoms. The first-order valence-corrected chi connectivity index (χ1v) is 6.88. The average Bonchev–Trinajstić information content (AvgIpc) is 2.46. The van der Waals surface area contributed by atoms with Crippen LogP contribution in [0, 0.1) is 10.1 Å². The molecule has 0 aromatic heterocycles. The van der Waals surface area contributed by atoms with Gasteiger partial charge < -0.3 is 9.64 Å². The first-order chi connectivity index (χ1) is 9.66. The molecule has 6 heteroatoms. The number of nitro groups is 1. The van der Waals surface area contributed by atoms with Gasteiger partial charge in [0.2, 0.25) is 0 Å². The van der Waals surface area contributed by atoms with Gasteiger partial charge in [-0.2, -0.15) is 0 Å². The normalized spacial score (nSPS) is 16.5. The van der Waals surface area contributed by atoms with Gasteiger partial charge in [-0.15, -0.1) is 0 Å². The van der Waals surface area contributed by atoms with Crippen LogP contribution in [0.5, 0.6) is 0 Å². The molecule has 1 aliphatic heterocycles. The highest BCUT2D eigenvalue weighted by atomic mass is 16.6. The summed E-state index contributed by atoms with van der Waals surface area (Å²) < 4.78 is 5.31. The highest BCUT2D eigenvalue weighted by Crippen LogP contribution is 2.18. The average molecular weight is 279 g/mol. The summed E-state index contributed by atoms with van der Waals surface area (Å²) in [6.45, 7) is 6.01. The van der Waals surface area contributed by atoms with Crippen molar-refractivity contribution in [1.82, 2.24) is 9.80 Å². The minimum atomic E-state index is -0.314. The molecule has 0 saturated carbocycles. The second-order valence-corrected chi connectivity index (χ2v) is 5.08. The summed E-state index contributed by atoms with van der Waals surface area (Å²) in [6, 6.07) is 6.93. The summed E-state index contributed by atoms with van der Waals surface area (Å²) in [5.74, 6) is 0. The van der Waals surface area contributed by atoms with Crippen molar-refractivity contribution in [1.29, 1.82) is 0 Å². The molecule has 1 aliphatic rings. The van der Waals surface area contributed by atoms with E-state index in [-0.39, 0.29) is 10.6 Å². The van der Waals surface area contributed by atoms with Crippen LogP contribution >= 0.6 is 0 Å². The van der Waals surface area contributed by atoms with E-state index in [0.29, 0.717) is 6.54 Å². The molecule has 0 radical (unpaired) electrons. The lowest BCUT2D eigenvalue weighted by Gasteiger charge is -2.28. The van der Waals surface area contributed by atoms with Crippen molar-refractivity contribution < 1.29 is 9.66 Å². The third-order valence-electron chi connectivity index (χ3n) is 3.53. The second-order valence-electron chi connectivity index (χ2n) is 5.08. The highest BCUT2D eigenvalue weighted by molar-refractivity contribution is 5.39. The molecule has 1 aromatic carbocycles. The van der Waals surface area contributed by atoms with Gasteiger partial charge >= 0.3 is 0 Å². The van der Waals surface area contributed by atoms with Crippen molar-refractivity contribution in [3.8, 4) is 0 Å². The maximum absolute atomic E-state index is 11.0. The van der Waals surface area contributed by atoms with Crippen LogP contribution in [0.15, 0.2) is 24.3 Å². The van der Waals surface area contributed by atoms with Crippen LogP contribution in [0.4, 0.5) is 5.69 Å². The van der Waals surface area contributed by atoms with E-state index in [2.05, 4.69) is 9.80 Å². The largest absolute Gasteiger partial charge is 0.379 e. The van der Waals surface area contributed by atoms with Crippen LogP contribution in [0.3, 0.4) is 0 Å². The van der Waals surface area contributed by atoms with Crippen LogP contribution in [-0.4, -0.2) is 61.2 Å². The lowest BCUT2D eigenvalue weighted by Crippen LogP contribution is -2.40. The van der Waals surface area contributed by atoms with Crippen molar-refractivity contribution in [3.05, 3.63) is 39.9 Å². The van der Waals surface area contributed by atoms with E-state index in [9.17, 15) is 10.1 Å². The summed E-state index contributed by atoms with van der Waals surface area (Å²) >= 11 is 0. The number of ether oxygens (including phenoxy) is 1. The molecule has 1 heterocycles. The van der Waals surface area contributed by atoms with Gasteiger partial charge in [0.25, 0.3) is 5.69 Å². The van der Waals surface area contributed by atoms with Gasteiger partial charge in [0.1, 0.15) is 0 Å². The third-order valence-corrected chi connectivity index (χ3v) is 3.53. The van der Waals surface area contributed by atoms with Gasteiger partial charge in [-0.3, -0.25) is 15.0 Å². The van der Waals surface area contributed by atoms with Crippen molar-refractivity contribution in [2.24, 2.45) is 0 Å². The SMILES string of the molecule is CN(CCN1CCOCC1)Cc1ccccc1[N+](=O)[O-]. The van der Waals surface area contributed by atoms with Gasteiger partial charge in [0.15, 0.2) is 0 Å². The maximum Gasteiger partial charge on any atom is 0.273 e. The van der Waals surface area contributed by atoms with Crippen LogP contribution in [0.1, 0.15) is 5.56 Å². The third kappa shape index (κ3) is 4.26. The van der Waals surface area contributed by atoms with Gasteiger partial charge in [-0.05, 0) is 7.05 Å². The van der Waals surface area contributed by atoms with Crippen molar-refractivity contribution in [3.63, 3.8) is 0 Å². The smallest absolute Gasteiger partial charge is 0.273 e. The lowest BCUT2D eigenvalue weighted by molar-refractivity contribution is -0.385. The van der Waals surface area contributed by atoms with E-state index in [4.69, 9.17) is 4.74 Å². The molecule has 1 fully saturated rings. The van der Waals surface area contributed by atoms with Crippen molar-refractivity contribution in [2.75, 3.05) is 46.4 Å². The van der Waals surface area contributed by atoms with Crippen LogP contribution in [-0.2, 0) is 11.3 Å². The molecule has 0 aliphatic carbocycles. The van der Waals surface area contributed by atoms with Gasteiger partial charge in [0.05, 0.1) is 18.1 Å². The Hall–Kier alpha value is -1.50. The van der Waals surface area contributed by atoms with Gasteiger partial charge in [0, 0.05) is 44.4 Å². The molecule has 0 unspecified atom stereocenters. The van der Waals surface area contributed by atoms with Crippen LogP contribution < -0.4 is 0 Å². The summed E-state index contributed by atoms with van der Waals surface area (Å²) in [6.07, 6.45) is 0. The fraction of sp³-hybridized carbons (Fsp3) is 0.571. The molecular weight excluding hydrogens is 258 g/mol. The number of hydrogen-bond donors (Lipinski definition) is 0. The molecule has 2 rings (SSSR count). The molecule has 1 aromatic rings. The molecule has 1 saturated heterocycles. The second kappa shape index (κ2) is 7.33.